The van der Waals surface area contributed by atoms with E-state index in [2.05, 4.69) is 15.5 Å². The first-order valence-corrected chi connectivity index (χ1v) is 13.9. The molecule has 0 spiro atoms. The molecular weight excluding hydrogens is 554 g/mol. The summed E-state index contributed by atoms with van der Waals surface area (Å²) in [6.45, 7) is 2.02. The molecule has 2 aliphatic rings. The van der Waals surface area contributed by atoms with Crippen LogP contribution in [0.15, 0.2) is 30.3 Å². The number of carbonyl (C=O) groups is 3. The molecule has 0 bridgehead atoms. The number of alkyl halides is 2. The maximum atomic E-state index is 13.7. The van der Waals surface area contributed by atoms with Crippen molar-refractivity contribution in [3.8, 4) is 5.75 Å². The lowest BCUT2D eigenvalue weighted by Crippen LogP contribution is -2.52. The summed E-state index contributed by atoms with van der Waals surface area (Å²) in [6, 6.07) is 6.94. The average Bonchev–Trinajstić information content (AvgIpc) is 3.63. The second-order valence-corrected chi connectivity index (χ2v) is 11.5. The van der Waals surface area contributed by atoms with Crippen LogP contribution in [0.3, 0.4) is 0 Å². The Kier molecular flexibility index (Phi) is 9.76. The summed E-state index contributed by atoms with van der Waals surface area (Å²) >= 11 is 7.09. The van der Waals surface area contributed by atoms with Crippen LogP contribution in [0.1, 0.15) is 36.4 Å². The van der Waals surface area contributed by atoms with Crippen molar-refractivity contribution >= 4 is 52.0 Å². The largest absolute Gasteiger partial charge is 0.433 e. The summed E-state index contributed by atoms with van der Waals surface area (Å²) in [5.74, 6) is -1.16. The van der Waals surface area contributed by atoms with Gasteiger partial charge in [0, 0.05) is 37.4 Å². The summed E-state index contributed by atoms with van der Waals surface area (Å²) < 4.78 is 36.9. The minimum Gasteiger partial charge on any atom is -0.433 e. The molecule has 2 N–H and O–H groups in total. The quantitative estimate of drug-likeness (QED) is 0.387. The van der Waals surface area contributed by atoms with E-state index in [0.717, 1.165) is 24.2 Å². The van der Waals surface area contributed by atoms with E-state index in [1.54, 1.807) is 18.2 Å². The number of carbonyl (C=O) groups excluding carboxylic acids is 3. The van der Waals surface area contributed by atoms with E-state index >= 15 is 0 Å². The van der Waals surface area contributed by atoms with Crippen molar-refractivity contribution < 1.29 is 32.6 Å². The monoisotopic (exact) mass is 584 g/mol. The number of morpholine rings is 1. The maximum Gasteiger partial charge on any atom is 0.387 e. The van der Waals surface area contributed by atoms with Crippen molar-refractivity contribution in [1.82, 2.24) is 10.2 Å². The zero-order chi connectivity index (χ0) is 28.1. The molecule has 1 aromatic carbocycles. The first-order chi connectivity index (χ1) is 18.6. The fourth-order valence-electron chi connectivity index (χ4n) is 4.41. The fraction of sp³-hybridized carbons (Fsp3) is 0.500. The van der Waals surface area contributed by atoms with E-state index in [1.165, 1.54) is 17.0 Å². The predicted molar refractivity (Wildman–Crippen MR) is 145 cm³/mol. The van der Waals surface area contributed by atoms with E-state index in [-0.39, 0.29) is 54.9 Å². The number of hydrogen-bond donors (Lipinski definition) is 2. The number of ether oxygens (including phenoxy) is 2. The molecule has 212 valence electrons. The molecule has 1 saturated carbocycles. The number of nitrogens with one attached hydrogen (secondary N) is 2. The standard InChI is InChI=1S/C26H31ClF2N4O5S/c1-15(2)13-33(16-3-4-16)19(12-30-25(36)21-7-8-22(27)39-21)24(35)31-18-6-5-17(11-20(18)38-26(28)29)32-9-10-37-14-23(32)34/h5-8,11,15-16,19,26H,3-4,9-10,12-14H2,1-2H3,(H,30,36)(H,31,35)/t19-/m0/s1. The fourth-order valence-corrected chi connectivity index (χ4v) is 5.37. The SMILES string of the molecule is CC(C)CN(C1CC1)[C@@H](CNC(=O)c1ccc(Cl)s1)C(=O)Nc1ccc(N2CCOCC2=O)cc1OC(F)F. The Bertz CT molecular complexity index is 1190. The van der Waals surface area contributed by atoms with Crippen LogP contribution in [-0.2, 0) is 14.3 Å². The molecule has 1 atom stereocenters. The predicted octanol–water partition coefficient (Wildman–Crippen LogP) is 4.22. The number of rotatable bonds is 12. The molecule has 9 nitrogen and oxygen atoms in total. The van der Waals surface area contributed by atoms with Crippen LogP contribution >= 0.6 is 22.9 Å². The summed E-state index contributed by atoms with van der Waals surface area (Å²) in [5, 5.41) is 5.55. The van der Waals surface area contributed by atoms with Gasteiger partial charge in [-0.2, -0.15) is 8.78 Å². The van der Waals surface area contributed by atoms with Gasteiger partial charge in [0.25, 0.3) is 11.8 Å². The molecule has 1 aliphatic heterocycles. The van der Waals surface area contributed by atoms with E-state index in [9.17, 15) is 23.2 Å². The highest BCUT2D eigenvalue weighted by Gasteiger charge is 2.38. The van der Waals surface area contributed by atoms with Crippen LogP contribution in [0.2, 0.25) is 4.34 Å². The van der Waals surface area contributed by atoms with E-state index in [1.807, 2.05) is 13.8 Å². The lowest BCUT2D eigenvalue weighted by Gasteiger charge is -2.32. The minimum atomic E-state index is -3.15. The third-order valence-electron chi connectivity index (χ3n) is 6.28. The third-order valence-corrected chi connectivity index (χ3v) is 7.51. The Morgan fingerprint density at radius 1 is 1.26 bits per heavy atom. The number of nitrogens with zero attached hydrogens (tertiary/aromatic N) is 2. The molecule has 0 radical (unpaired) electrons. The average molecular weight is 585 g/mol. The molecule has 0 unspecified atom stereocenters. The highest BCUT2D eigenvalue weighted by atomic mass is 35.5. The Morgan fingerprint density at radius 3 is 2.64 bits per heavy atom. The Hall–Kier alpha value is -2.80. The number of halogens is 3. The Morgan fingerprint density at radius 2 is 2.03 bits per heavy atom. The van der Waals surface area contributed by atoms with Crippen LogP contribution in [0.4, 0.5) is 20.2 Å². The van der Waals surface area contributed by atoms with Crippen LogP contribution in [0, 0.1) is 5.92 Å². The molecular formula is C26H31ClF2N4O5S. The van der Waals surface area contributed by atoms with Crippen molar-refractivity contribution in [2.24, 2.45) is 5.92 Å². The third kappa shape index (κ3) is 7.87. The zero-order valence-corrected chi connectivity index (χ0v) is 23.2. The molecule has 1 aliphatic carbocycles. The van der Waals surface area contributed by atoms with Crippen molar-refractivity contribution in [3.05, 3.63) is 39.5 Å². The van der Waals surface area contributed by atoms with Gasteiger partial charge in [0.2, 0.25) is 5.91 Å². The van der Waals surface area contributed by atoms with Gasteiger partial charge in [-0.1, -0.05) is 25.4 Å². The summed E-state index contributed by atoms with van der Waals surface area (Å²) in [6.07, 6.45) is 1.85. The molecule has 39 heavy (non-hydrogen) atoms. The number of anilines is 2. The minimum absolute atomic E-state index is 0.00874. The van der Waals surface area contributed by atoms with Gasteiger partial charge in [0.15, 0.2) is 5.75 Å². The van der Waals surface area contributed by atoms with Crippen LogP contribution in [0.5, 0.6) is 5.75 Å². The molecule has 1 aromatic heterocycles. The highest BCUT2D eigenvalue weighted by molar-refractivity contribution is 7.18. The molecule has 13 heteroatoms. The number of thiophene rings is 1. The summed E-state index contributed by atoms with van der Waals surface area (Å²) in [4.78, 5) is 42.5. The first-order valence-electron chi connectivity index (χ1n) is 12.7. The zero-order valence-electron chi connectivity index (χ0n) is 21.6. The van der Waals surface area contributed by atoms with Crippen molar-refractivity contribution in [1.29, 1.82) is 0 Å². The van der Waals surface area contributed by atoms with E-state index in [4.69, 9.17) is 21.1 Å². The number of amides is 3. The second kappa shape index (κ2) is 13.0. The lowest BCUT2D eigenvalue weighted by molar-refractivity contribution is -0.125. The van der Waals surface area contributed by atoms with Crippen molar-refractivity contribution in [2.75, 3.05) is 43.1 Å². The van der Waals surface area contributed by atoms with Crippen LogP contribution < -0.4 is 20.3 Å². The first kappa shape index (κ1) is 29.2. The summed E-state index contributed by atoms with van der Waals surface area (Å²) in [7, 11) is 0. The topological polar surface area (TPSA) is 100 Å². The second-order valence-electron chi connectivity index (χ2n) is 9.80. The maximum absolute atomic E-state index is 13.7. The molecule has 1 saturated heterocycles. The van der Waals surface area contributed by atoms with Gasteiger partial charge in [0.05, 0.1) is 21.5 Å². The Labute approximate surface area is 234 Å². The lowest BCUT2D eigenvalue weighted by atomic mass is 10.1. The van der Waals surface area contributed by atoms with Gasteiger partial charge in [0.1, 0.15) is 12.6 Å². The van der Waals surface area contributed by atoms with Gasteiger partial charge in [-0.15, -0.1) is 11.3 Å². The van der Waals surface area contributed by atoms with Gasteiger partial charge >= 0.3 is 6.61 Å². The van der Waals surface area contributed by atoms with Gasteiger partial charge in [-0.3, -0.25) is 19.3 Å². The molecule has 2 fully saturated rings. The van der Waals surface area contributed by atoms with Gasteiger partial charge in [-0.25, -0.2) is 0 Å². The Balaban J connectivity index is 1.56. The van der Waals surface area contributed by atoms with Gasteiger partial charge < -0.3 is 25.0 Å². The smallest absolute Gasteiger partial charge is 0.387 e. The van der Waals surface area contributed by atoms with Gasteiger partial charge in [-0.05, 0) is 43.0 Å². The number of benzene rings is 1. The number of hydrogen-bond acceptors (Lipinski definition) is 7. The van der Waals surface area contributed by atoms with Crippen molar-refractivity contribution in [3.63, 3.8) is 0 Å². The molecule has 4 rings (SSSR count). The highest BCUT2D eigenvalue weighted by Crippen LogP contribution is 2.34. The normalized spacial score (nSPS) is 16.6. The molecule has 3 amide bonds. The van der Waals surface area contributed by atoms with E-state index < -0.39 is 18.6 Å². The summed E-state index contributed by atoms with van der Waals surface area (Å²) in [5.41, 5.74) is 0.390. The van der Waals surface area contributed by atoms with Crippen molar-refractivity contribution in [2.45, 2.75) is 45.4 Å². The van der Waals surface area contributed by atoms with E-state index in [0.29, 0.717) is 28.1 Å². The van der Waals surface area contributed by atoms with Crippen LogP contribution in [-0.4, -0.2) is 74.2 Å². The molecule has 2 aromatic rings. The van der Waals surface area contributed by atoms with Crippen LogP contribution in [0.25, 0.3) is 0 Å². The molecule has 2 heterocycles.